The van der Waals surface area contributed by atoms with E-state index in [1.807, 2.05) is 13.8 Å². The molecule has 0 aromatic carbocycles. The SMILES string of the molecule is CC(C)(NC(=O)C12CC3CC(CC(C3)C1)C2)C(N)=S. The van der Waals surface area contributed by atoms with Crippen LogP contribution in [0.25, 0.3) is 0 Å². The Morgan fingerprint density at radius 2 is 1.58 bits per heavy atom. The highest BCUT2D eigenvalue weighted by atomic mass is 32.1. The molecule has 19 heavy (non-hydrogen) atoms. The smallest absolute Gasteiger partial charge is 0.227 e. The van der Waals surface area contributed by atoms with Gasteiger partial charge in [-0.3, -0.25) is 4.79 Å². The average molecular weight is 280 g/mol. The normalized spacial score (nSPS) is 40.2. The summed E-state index contributed by atoms with van der Waals surface area (Å²) in [4.78, 5) is 13.2. The van der Waals surface area contributed by atoms with Crippen molar-refractivity contribution in [3.63, 3.8) is 0 Å². The minimum Gasteiger partial charge on any atom is -0.391 e. The second-order valence-corrected chi connectivity index (χ2v) is 8.08. The predicted octanol–water partition coefficient (Wildman–Crippen LogP) is 2.38. The summed E-state index contributed by atoms with van der Waals surface area (Å²) in [5, 5.41) is 3.11. The predicted molar refractivity (Wildman–Crippen MR) is 79.6 cm³/mol. The number of nitrogens with one attached hydrogen (secondary N) is 1. The van der Waals surface area contributed by atoms with Crippen LogP contribution in [0.15, 0.2) is 0 Å². The van der Waals surface area contributed by atoms with Crippen LogP contribution in [0.3, 0.4) is 0 Å². The van der Waals surface area contributed by atoms with E-state index in [1.165, 1.54) is 19.3 Å². The lowest BCUT2D eigenvalue weighted by atomic mass is 9.49. The van der Waals surface area contributed by atoms with Gasteiger partial charge in [-0.25, -0.2) is 0 Å². The number of thiocarbonyl (C=S) groups is 1. The van der Waals surface area contributed by atoms with Crippen LogP contribution in [-0.4, -0.2) is 16.4 Å². The first-order valence-corrected chi connectivity index (χ1v) is 7.84. The maximum absolute atomic E-state index is 12.8. The number of carbonyl (C=O) groups is 1. The van der Waals surface area contributed by atoms with E-state index in [0.717, 1.165) is 37.0 Å². The van der Waals surface area contributed by atoms with Crippen molar-refractivity contribution in [2.24, 2.45) is 28.9 Å². The number of hydrogen-bond donors (Lipinski definition) is 2. The molecule has 0 radical (unpaired) electrons. The van der Waals surface area contributed by atoms with Gasteiger partial charge in [0, 0.05) is 5.41 Å². The molecular weight excluding hydrogens is 256 g/mol. The van der Waals surface area contributed by atoms with Gasteiger partial charge in [0.05, 0.1) is 10.5 Å². The van der Waals surface area contributed by atoms with E-state index in [-0.39, 0.29) is 11.3 Å². The van der Waals surface area contributed by atoms with Crippen molar-refractivity contribution in [2.45, 2.75) is 57.9 Å². The fraction of sp³-hybridized carbons (Fsp3) is 0.867. The van der Waals surface area contributed by atoms with E-state index in [9.17, 15) is 4.79 Å². The molecule has 4 aliphatic carbocycles. The molecule has 4 saturated carbocycles. The van der Waals surface area contributed by atoms with Gasteiger partial charge in [0.15, 0.2) is 0 Å². The Bertz CT molecular complexity index is 395. The summed E-state index contributed by atoms with van der Waals surface area (Å²) in [5.74, 6) is 2.55. The van der Waals surface area contributed by atoms with E-state index in [0.29, 0.717) is 4.99 Å². The lowest BCUT2D eigenvalue weighted by Gasteiger charge is -2.56. The van der Waals surface area contributed by atoms with E-state index >= 15 is 0 Å². The Hall–Kier alpha value is -0.640. The van der Waals surface area contributed by atoms with Crippen LogP contribution in [0, 0.1) is 23.2 Å². The maximum atomic E-state index is 12.8. The quantitative estimate of drug-likeness (QED) is 0.780. The molecule has 106 valence electrons. The van der Waals surface area contributed by atoms with Gasteiger partial charge in [-0.2, -0.15) is 0 Å². The third-order valence-corrected chi connectivity index (χ3v) is 6.07. The van der Waals surface area contributed by atoms with Gasteiger partial charge in [-0.1, -0.05) is 12.2 Å². The van der Waals surface area contributed by atoms with Gasteiger partial charge in [0.25, 0.3) is 0 Å². The first-order valence-electron chi connectivity index (χ1n) is 7.43. The van der Waals surface area contributed by atoms with E-state index in [1.54, 1.807) is 0 Å². The summed E-state index contributed by atoms with van der Waals surface area (Å²) in [7, 11) is 0. The fourth-order valence-electron chi connectivity index (χ4n) is 4.87. The number of hydrogen-bond acceptors (Lipinski definition) is 2. The molecule has 1 amide bonds. The molecule has 4 fully saturated rings. The van der Waals surface area contributed by atoms with Crippen molar-refractivity contribution in [1.29, 1.82) is 0 Å². The molecule has 0 atom stereocenters. The summed E-state index contributed by atoms with van der Waals surface area (Å²) in [6.45, 7) is 3.79. The van der Waals surface area contributed by atoms with Crippen molar-refractivity contribution in [3.05, 3.63) is 0 Å². The molecule has 0 saturated heterocycles. The van der Waals surface area contributed by atoms with Crippen molar-refractivity contribution in [3.8, 4) is 0 Å². The second kappa shape index (κ2) is 4.18. The molecule has 0 unspecified atom stereocenters. The zero-order chi connectivity index (χ0) is 13.8. The van der Waals surface area contributed by atoms with Crippen molar-refractivity contribution in [1.82, 2.24) is 5.32 Å². The molecule has 0 spiro atoms. The molecular formula is C15H24N2OS. The lowest BCUT2D eigenvalue weighted by Crippen LogP contribution is -2.60. The van der Waals surface area contributed by atoms with Crippen LogP contribution in [0.2, 0.25) is 0 Å². The van der Waals surface area contributed by atoms with Crippen LogP contribution in [0.5, 0.6) is 0 Å². The molecule has 3 N–H and O–H groups in total. The highest BCUT2D eigenvalue weighted by Crippen LogP contribution is 2.60. The van der Waals surface area contributed by atoms with Gasteiger partial charge < -0.3 is 11.1 Å². The third-order valence-electron chi connectivity index (χ3n) is 5.56. The van der Waals surface area contributed by atoms with Gasteiger partial charge in [0.1, 0.15) is 0 Å². The molecule has 4 bridgehead atoms. The zero-order valence-corrected chi connectivity index (χ0v) is 12.7. The van der Waals surface area contributed by atoms with Crippen LogP contribution in [-0.2, 0) is 4.79 Å². The number of carbonyl (C=O) groups excluding carboxylic acids is 1. The minimum absolute atomic E-state index is 0.114. The van der Waals surface area contributed by atoms with Gasteiger partial charge in [0.2, 0.25) is 5.91 Å². The van der Waals surface area contributed by atoms with E-state index < -0.39 is 5.54 Å². The van der Waals surface area contributed by atoms with E-state index in [2.05, 4.69) is 5.32 Å². The standard InChI is InChI=1S/C15H24N2OS/c1-14(2,12(16)19)17-13(18)15-6-9-3-10(7-15)5-11(4-9)8-15/h9-11H,3-8H2,1-2H3,(H2,16,19)(H,17,18). The largest absolute Gasteiger partial charge is 0.391 e. The topological polar surface area (TPSA) is 55.1 Å². The Labute approximate surface area is 120 Å². The molecule has 0 heterocycles. The first-order chi connectivity index (χ1) is 8.81. The van der Waals surface area contributed by atoms with Crippen LogP contribution in [0.1, 0.15) is 52.4 Å². The summed E-state index contributed by atoms with van der Waals surface area (Å²) < 4.78 is 0. The van der Waals surface area contributed by atoms with Gasteiger partial charge in [-0.05, 0) is 70.1 Å². The molecule has 4 heteroatoms. The lowest BCUT2D eigenvalue weighted by molar-refractivity contribution is -0.147. The summed E-state index contributed by atoms with van der Waals surface area (Å²) in [6, 6.07) is 0. The molecule has 0 aromatic heterocycles. The third kappa shape index (κ3) is 2.18. The van der Waals surface area contributed by atoms with Gasteiger partial charge in [-0.15, -0.1) is 0 Å². The number of amides is 1. The molecule has 4 aliphatic rings. The average Bonchev–Trinajstić information content (AvgIpc) is 2.26. The van der Waals surface area contributed by atoms with Crippen molar-refractivity contribution < 1.29 is 4.79 Å². The molecule has 3 nitrogen and oxygen atoms in total. The van der Waals surface area contributed by atoms with Crippen LogP contribution >= 0.6 is 12.2 Å². The van der Waals surface area contributed by atoms with E-state index in [4.69, 9.17) is 18.0 Å². The summed E-state index contributed by atoms with van der Waals surface area (Å²) in [6.07, 6.45) is 7.30. The monoisotopic (exact) mass is 280 g/mol. The first kappa shape index (κ1) is 13.3. The zero-order valence-electron chi connectivity index (χ0n) is 11.9. The van der Waals surface area contributed by atoms with Crippen molar-refractivity contribution >= 4 is 23.1 Å². The van der Waals surface area contributed by atoms with Crippen molar-refractivity contribution in [2.75, 3.05) is 0 Å². The second-order valence-electron chi connectivity index (χ2n) is 7.64. The van der Waals surface area contributed by atoms with Crippen LogP contribution < -0.4 is 11.1 Å². The highest BCUT2D eigenvalue weighted by Gasteiger charge is 2.55. The van der Waals surface area contributed by atoms with Crippen LogP contribution in [0.4, 0.5) is 0 Å². The molecule has 0 aliphatic heterocycles. The Kier molecular flexibility index (Phi) is 2.93. The highest BCUT2D eigenvalue weighted by molar-refractivity contribution is 7.80. The number of nitrogens with two attached hydrogens (primary N) is 1. The minimum atomic E-state index is -0.574. The summed E-state index contributed by atoms with van der Waals surface area (Å²) >= 11 is 5.06. The molecule has 0 aromatic rings. The summed E-state index contributed by atoms with van der Waals surface area (Å²) in [5.41, 5.74) is 5.04. The Morgan fingerprint density at radius 1 is 1.16 bits per heavy atom. The fourth-order valence-corrected chi connectivity index (χ4v) is 4.92. The Balaban J connectivity index is 1.78. The Morgan fingerprint density at radius 3 is 1.95 bits per heavy atom. The number of rotatable bonds is 3. The maximum Gasteiger partial charge on any atom is 0.227 e. The van der Waals surface area contributed by atoms with Gasteiger partial charge >= 0.3 is 0 Å². The molecule has 4 rings (SSSR count).